The van der Waals surface area contributed by atoms with Gasteiger partial charge in [-0.15, -0.1) is 0 Å². The fourth-order valence-corrected chi connectivity index (χ4v) is 8.78. The molecule has 17 nitrogen and oxygen atoms in total. The number of imide groups is 2. The zero-order valence-corrected chi connectivity index (χ0v) is 35.8. The van der Waals surface area contributed by atoms with E-state index in [1.807, 2.05) is 11.8 Å². The molecule has 17 heteroatoms. The van der Waals surface area contributed by atoms with Crippen LogP contribution in [0, 0.1) is 0 Å². The molecule has 2 atom stereocenters. The average Bonchev–Trinajstić information content (AvgIpc) is 3.55. The van der Waals surface area contributed by atoms with Crippen molar-refractivity contribution in [3.8, 4) is 6.01 Å². The minimum absolute atomic E-state index is 0.0574. The maximum Gasteiger partial charge on any atom is 0.318 e. The van der Waals surface area contributed by atoms with Crippen molar-refractivity contribution in [3.63, 3.8) is 0 Å². The highest BCUT2D eigenvalue weighted by atomic mass is 16.6. The minimum atomic E-state index is -1.02. The minimum Gasteiger partial charge on any atom is -0.461 e. The zero-order valence-electron chi connectivity index (χ0n) is 35.8. The number of aromatic nitrogens is 2. The van der Waals surface area contributed by atoms with Crippen LogP contribution in [0.3, 0.4) is 0 Å². The molecule has 5 amide bonds. The third-order valence-electron chi connectivity index (χ3n) is 11.9. The lowest BCUT2D eigenvalue weighted by atomic mass is 10.0. The van der Waals surface area contributed by atoms with Crippen LogP contribution in [-0.4, -0.2) is 140 Å². The molecule has 1 unspecified atom stereocenters. The molecule has 0 bridgehead atoms. The number of hydrogen-bond acceptors (Lipinski definition) is 14. The van der Waals surface area contributed by atoms with Gasteiger partial charge in [0.05, 0.1) is 63.0 Å². The van der Waals surface area contributed by atoms with Crippen molar-refractivity contribution >= 4 is 57.5 Å². The van der Waals surface area contributed by atoms with E-state index in [9.17, 15) is 24.0 Å². The SMILES string of the molecule is CCC(=O)N1CCN(c2nc(OCCOCCOCCOCCNc3cccc4c3C(=O)N(C3CCC(=O)NC3=O)C4=O)nc3c2CCN(c2cccc4ccccc24)C3)C[C@H]1C. The standard InChI is InChI=1S/C46H54N8O9/c1-3-40(56)53-20-19-52(28-30(53)2)42-33-16-18-51(37-13-6-9-31-8-4-5-10-32(31)37)29-36(33)48-46(50-42)63-27-26-62-25-24-61-23-22-60-21-17-47-35-12-7-11-34-41(35)45(59)54(44(34)58)38-14-15-39(55)49-43(38)57/h4-13,30,38,47H,3,14-29H2,1-2H3,(H,49,55,57)/t30-,38?/m1/s1. The highest BCUT2D eigenvalue weighted by molar-refractivity contribution is 6.25. The number of piperazine rings is 1. The van der Waals surface area contributed by atoms with Gasteiger partial charge in [0.15, 0.2) is 0 Å². The maximum absolute atomic E-state index is 13.3. The molecule has 4 aliphatic heterocycles. The largest absolute Gasteiger partial charge is 0.461 e. The molecule has 0 aliphatic carbocycles. The Labute approximate surface area is 366 Å². The lowest BCUT2D eigenvalue weighted by Gasteiger charge is -2.42. The van der Waals surface area contributed by atoms with Gasteiger partial charge in [-0.2, -0.15) is 9.97 Å². The molecule has 8 rings (SSSR count). The van der Waals surface area contributed by atoms with Gasteiger partial charge in [0, 0.05) is 73.9 Å². The molecule has 332 valence electrons. The van der Waals surface area contributed by atoms with Gasteiger partial charge in [-0.05, 0) is 43.4 Å². The summed E-state index contributed by atoms with van der Waals surface area (Å²) in [6.45, 7) is 10.2. The van der Waals surface area contributed by atoms with Crippen LogP contribution < -0.4 is 25.2 Å². The maximum atomic E-state index is 13.3. The molecule has 0 saturated carbocycles. The Morgan fingerprint density at radius 1 is 0.810 bits per heavy atom. The molecule has 2 saturated heterocycles. The van der Waals surface area contributed by atoms with E-state index in [0.717, 1.165) is 34.9 Å². The Balaban J connectivity index is 0.771. The van der Waals surface area contributed by atoms with Crippen LogP contribution in [0.4, 0.5) is 17.2 Å². The number of fused-ring (bicyclic) bond motifs is 3. The molecular weight excluding hydrogens is 809 g/mol. The molecule has 0 radical (unpaired) electrons. The van der Waals surface area contributed by atoms with Gasteiger partial charge in [-0.1, -0.05) is 49.4 Å². The van der Waals surface area contributed by atoms with Gasteiger partial charge in [0.2, 0.25) is 17.7 Å². The van der Waals surface area contributed by atoms with Gasteiger partial charge in [0.25, 0.3) is 11.8 Å². The molecule has 3 aromatic carbocycles. The molecule has 1 aromatic heterocycles. The monoisotopic (exact) mass is 862 g/mol. The van der Waals surface area contributed by atoms with Crippen LogP contribution in [0.25, 0.3) is 10.8 Å². The molecule has 2 N–H and O–H groups in total. The van der Waals surface area contributed by atoms with Gasteiger partial charge < -0.3 is 39.0 Å². The van der Waals surface area contributed by atoms with Crippen molar-refractivity contribution in [2.75, 3.05) is 94.1 Å². The Kier molecular flexibility index (Phi) is 13.7. The Bertz CT molecular complexity index is 2350. The zero-order chi connectivity index (χ0) is 43.9. The predicted molar refractivity (Wildman–Crippen MR) is 234 cm³/mol. The number of nitrogens with zero attached hydrogens (tertiary/aromatic N) is 6. The molecule has 4 aromatic rings. The van der Waals surface area contributed by atoms with E-state index in [1.54, 1.807) is 18.2 Å². The summed E-state index contributed by atoms with van der Waals surface area (Å²) in [5.74, 6) is -1.14. The van der Waals surface area contributed by atoms with Gasteiger partial charge in [0.1, 0.15) is 18.5 Å². The van der Waals surface area contributed by atoms with E-state index in [1.165, 1.54) is 16.5 Å². The molecule has 0 spiro atoms. The van der Waals surface area contributed by atoms with Crippen LogP contribution in [0.2, 0.25) is 0 Å². The molecular formula is C46H54N8O9. The third kappa shape index (κ3) is 9.60. The number of nitrogens with one attached hydrogen (secondary N) is 2. The van der Waals surface area contributed by atoms with Crippen molar-refractivity contribution < 1.29 is 42.9 Å². The lowest BCUT2D eigenvalue weighted by molar-refractivity contribution is -0.136. The summed E-state index contributed by atoms with van der Waals surface area (Å²) in [7, 11) is 0. The summed E-state index contributed by atoms with van der Waals surface area (Å²) < 4.78 is 23.3. The second-order valence-corrected chi connectivity index (χ2v) is 15.9. The van der Waals surface area contributed by atoms with E-state index < -0.39 is 29.7 Å². The van der Waals surface area contributed by atoms with E-state index in [4.69, 9.17) is 28.9 Å². The van der Waals surface area contributed by atoms with E-state index in [2.05, 4.69) is 69.8 Å². The first-order valence-electron chi connectivity index (χ1n) is 21.8. The summed E-state index contributed by atoms with van der Waals surface area (Å²) in [5, 5.41) is 7.77. The third-order valence-corrected chi connectivity index (χ3v) is 11.9. The Hall–Kier alpha value is -6.17. The van der Waals surface area contributed by atoms with E-state index in [-0.39, 0.29) is 42.5 Å². The van der Waals surface area contributed by atoms with E-state index in [0.29, 0.717) is 90.5 Å². The molecule has 5 heterocycles. The van der Waals surface area contributed by atoms with Crippen molar-refractivity contribution in [1.82, 2.24) is 25.1 Å². The number of carbonyl (C=O) groups is 5. The fourth-order valence-electron chi connectivity index (χ4n) is 8.78. The normalized spacial score (nSPS) is 18.8. The van der Waals surface area contributed by atoms with Crippen molar-refractivity contribution in [2.24, 2.45) is 0 Å². The topological polar surface area (TPSA) is 185 Å². The quantitative estimate of drug-likeness (QED) is 0.109. The number of ether oxygens (including phenoxy) is 4. The van der Waals surface area contributed by atoms with Crippen LogP contribution in [0.5, 0.6) is 6.01 Å². The van der Waals surface area contributed by atoms with Crippen molar-refractivity contribution in [2.45, 2.75) is 58.2 Å². The van der Waals surface area contributed by atoms with Gasteiger partial charge >= 0.3 is 6.01 Å². The van der Waals surface area contributed by atoms with Crippen molar-refractivity contribution in [1.29, 1.82) is 0 Å². The Morgan fingerprint density at radius 3 is 2.33 bits per heavy atom. The van der Waals surface area contributed by atoms with Crippen LogP contribution in [0.1, 0.15) is 65.1 Å². The van der Waals surface area contributed by atoms with E-state index >= 15 is 0 Å². The lowest BCUT2D eigenvalue weighted by Crippen LogP contribution is -2.54. The average molecular weight is 863 g/mol. The number of amides is 5. The summed E-state index contributed by atoms with van der Waals surface area (Å²) in [4.78, 5) is 80.4. The number of hydrogen-bond donors (Lipinski definition) is 2. The first-order valence-corrected chi connectivity index (χ1v) is 21.8. The summed E-state index contributed by atoms with van der Waals surface area (Å²) in [5.41, 5.74) is 4.13. The first kappa shape index (κ1) is 43.5. The van der Waals surface area contributed by atoms with Crippen molar-refractivity contribution in [3.05, 3.63) is 83.0 Å². The number of anilines is 3. The summed E-state index contributed by atoms with van der Waals surface area (Å²) >= 11 is 0. The number of benzene rings is 3. The predicted octanol–water partition coefficient (Wildman–Crippen LogP) is 3.58. The summed E-state index contributed by atoms with van der Waals surface area (Å²) in [6.07, 6.45) is 1.43. The summed E-state index contributed by atoms with van der Waals surface area (Å²) in [6, 6.07) is 19.1. The smallest absolute Gasteiger partial charge is 0.318 e. The first-order chi connectivity index (χ1) is 30.7. The fraction of sp³-hybridized carbons (Fsp3) is 0.457. The number of piperidine rings is 1. The van der Waals surface area contributed by atoms with Crippen LogP contribution in [-0.2, 0) is 41.6 Å². The molecule has 4 aliphatic rings. The Morgan fingerprint density at radius 2 is 1.56 bits per heavy atom. The molecule has 63 heavy (non-hydrogen) atoms. The second-order valence-electron chi connectivity index (χ2n) is 15.9. The molecule has 2 fully saturated rings. The number of carbonyl (C=O) groups excluding carboxylic acids is 5. The second kappa shape index (κ2) is 19.9. The van der Waals surface area contributed by atoms with Crippen LogP contribution in [0.15, 0.2) is 60.7 Å². The van der Waals surface area contributed by atoms with Crippen LogP contribution >= 0.6 is 0 Å². The van der Waals surface area contributed by atoms with Gasteiger partial charge in [-0.3, -0.25) is 34.2 Å². The van der Waals surface area contributed by atoms with Gasteiger partial charge in [-0.25, -0.2) is 0 Å². The highest BCUT2D eigenvalue weighted by Crippen LogP contribution is 2.35. The number of rotatable bonds is 18. The highest BCUT2D eigenvalue weighted by Gasteiger charge is 2.45.